The molecule has 0 spiro atoms. The molecular formula is C23H30N2O. The summed E-state index contributed by atoms with van der Waals surface area (Å²) in [7, 11) is 3.90. The maximum Gasteiger partial charge on any atom is 0.129 e. The number of ether oxygens (including phenoxy) is 1. The van der Waals surface area contributed by atoms with E-state index in [4.69, 9.17) is 4.74 Å². The van der Waals surface area contributed by atoms with Crippen molar-refractivity contribution in [3.05, 3.63) is 53.1 Å². The molecule has 0 bridgehead atoms. The SMILES string of the molecule is CCc1ccc(N=Cc2cc3c(cc2OC)N(C)C(C)(C)CC3C)cc1. The summed E-state index contributed by atoms with van der Waals surface area (Å²) < 4.78 is 5.67. The van der Waals surface area contributed by atoms with Crippen LogP contribution >= 0.6 is 0 Å². The van der Waals surface area contributed by atoms with E-state index in [1.54, 1.807) is 7.11 Å². The average molecular weight is 351 g/mol. The summed E-state index contributed by atoms with van der Waals surface area (Å²) in [5.41, 5.74) is 6.10. The summed E-state index contributed by atoms with van der Waals surface area (Å²) in [5.74, 6) is 1.38. The van der Waals surface area contributed by atoms with Gasteiger partial charge in [0.05, 0.1) is 12.8 Å². The predicted octanol–water partition coefficient (Wildman–Crippen LogP) is 5.73. The topological polar surface area (TPSA) is 24.8 Å². The smallest absolute Gasteiger partial charge is 0.129 e. The van der Waals surface area contributed by atoms with Gasteiger partial charge in [0.15, 0.2) is 0 Å². The Balaban J connectivity index is 1.97. The van der Waals surface area contributed by atoms with Crippen molar-refractivity contribution >= 4 is 17.6 Å². The molecule has 0 amide bonds. The Morgan fingerprint density at radius 1 is 1.23 bits per heavy atom. The van der Waals surface area contributed by atoms with Gasteiger partial charge in [-0.3, -0.25) is 4.99 Å². The molecule has 0 fully saturated rings. The zero-order valence-corrected chi connectivity index (χ0v) is 16.8. The van der Waals surface area contributed by atoms with Crippen molar-refractivity contribution in [3.8, 4) is 5.75 Å². The monoisotopic (exact) mass is 350 g/mol. The molecule has 2 aromatic carbocycles. The van der Waals surface area contributed by atoms with Gasteiger partial charge in [0.1, 0.15) is 5.75 Å². The number of hydrogen-bond acceptors (Lipinski definition) is 3. The van der Waals surface area contributed by atoms with E-state index < -0.39 is 0 Å². The minimum Gasteiger partial charge on any atom is -0.496 e. The molecule has 1 atom stereocenters. The molecule has 0 saturated carbocycles. The highest BCUT2D eigenvalue weighted by Crippen LogP contribution is 2.44. The predicted molar refractivity (Wildman–Crippen MR) is 112 cm³/mol. The molecule has 138 valence electrons. The number of aliphatic imine (C=N–C) groups is 1. The minimum absolute atomic E-state index is 0.147. The lowest BCUT2D eigenvalue weighted by atomic mass is 9.80. The molecule has 1 unspecified atom stereocenters. The van der Waals surface area contributed by atoms with E-state index in [1.165, 1.54) is 16.8 Å². The maximum absolute atomic E-state index is 5.67. The molecule has 2 aromatic rings. The van der Waals surface area contributed by atoms with Crippen LogP contribution in [0.5, 0.6) is 5.75 Å². The normalized spacial score (nSPS) is 18.8. The summed E-state index contributed by atoms with van der Waals surface area (Å²) in [6.07, 6.45) is 4.11. The Bertz CT molecular complexity index is 806. The zero-order chi connectivity index (χ0) is 18.9. The maximum atomic E-state index is 5.67. The van der Waals surface area contributed by atoms with Crippen LogP contribution in [-0.2, 0) is 6.42 Å². The van der Waals surface area contributed by atoms with Gasteiger partial charge in [-0.2, -0.15) is 0 Å². The summed E-state index contributed by atoms with van der Waals surface area (Å²) in [6, 6.07) is 12.8. The van der Waals surface area contributed by atoms with Gasteiger partial charge in [0, 0.05) is 36.1 Å². The van der Waals surface area contributed by atoms with Crippen LogP contribution in [0, 0.1) is 0 Å². The fourth-order valence-corrected chi connectivity index (χ4v) is 3.85. The number of fused-ring (bicyclic) bond motifs is 1. The fourth-order valence-electron chi connectivity index (χ4n) is 3.85. The number of rotatable bonds is 4. The fraction of sp³-hybridized carbons (Fsp3) is 0.435. The second kappa shape index (κ2) is 7.14. The van der Waals surface area contributed by atoms with Crippen molar-refractivity contribution < 1.29 is 4.74 Å². The summed E-state index contributed by atoms with van der Waals surface area (Å²) in [6.45, 7) is 9.07. The Kier molecular flexibility index (Phi) is 5.08. The number of aryl methyl sites for hydroxylation is 1. The van der Waals surface area contributed by atoms with E-state index in [-0.39, 0.29) is 5.54 Å². The second-order valence-corrected chi connectivity index (χ2v) is 7.91. The van der Waals surface area contributed by atoms with Crippen LogP contribution in [0.2, 0.25) is 0 Å². The zero-order valence-electron chi connectivity index (χ0n) is 16.8. The van der Waals surface area contributed by atoms with Crippen LogP contribution in [0.3, 0.4) is 0 Å². The summed E-state index contributed by atoms with van der Waals surface area (Å²) >= 11 is 0. The minimum atomic E-state index is 0.147. The van der Waals surface area contributed by atoms with Crippen LogP contribution in [0.4, 0.5) is 11.4 Å². The molecule has 0 aliphatic carbocycles. The van der Waals surface area contributed by atoms with Gasteiger partial charge in [0.25, 0.3) is 0 Å². The molecule has 1 heterocycles. The van der Waals surface area contributed by atoms with Crippen LogP contribution in [0.25, 0.3) is 0 Å². The first kappa shape index (κ1) is 18.5. The molecule has 26 heavy (non-hydrogen) atoms. The third kappa shape index (κ3) is 3.48. The van der Waals surface area contributed by atoms with Gasteiger partial charge < -0.3 is 9.64 Å². The van der Waals surface area contributed by atoms with Crippen LogP contribution < -0.4 is 9.64 Å². The standard InChI is InChI=1S/C23H30N2O/c1-7-17-8-10-19(11-9-17)24-15-18-12-20-16(2)14-23(3,4)25(5)21(20)13-22(18)26-6/h8-13,15-16H,7,14H2,1-6H3. The molecule has 3 rings (SSSR count). The highest BCUT2D eigenvalue weighted by atomic mass is 16.5. The molecule has 0 aromatic heterocycles. The summed E-state index contributed by atoms with van der Waals surface area (Å²) in [4.78, 5) is 7.03. The van der Waals surface area contributed by atoms with Crippen LogP contribution in [-0.4, -0.2) is 25.9 Å². The van der Waals surface area contributed by atoms with Gasteiger partial charge in [0.2, 0.25) is 0 Å². The molecule has 3 nitrogen and oxygen atoms in total. The molecule has 1 aliphatic heterocycles. The van der Waals surface area contributed by atoms with E-state index in [0.29, 0.717) is 5.92 Å². The Hall–Kier alpha value is -2.29. The van der Waals surface area contributed by atoms with E-state index in [2.05, 4.69) is 81.0 Å². The van der Waals surface area contributed by atoms with Crippen molar-refractivity contribution in [2.24, 2.45) is 4.99 Å². The van der Waals surface area contributed by atoms with E-state index in [0.717, 1.165) is 29.8 Å². The molecule has 1 aliphatic rings. The highest BCUT2D eigenvalue weighted by molar-refractivity contribution is 5.87. The Morgan fingerprint density at radius 2 is 1.92 bits per heavy atom. The largest absolute Gasteiger partial charge is 0.496 e. The average Bonchev–Trinajstić information content (AvgIpc) is 2.64. The summed E-state index contributed by atoms with van der Waals surface area (Å²) in [5, 5.41) is 0. The van der Waals surface area contributed by atoms with Gasteiger partial charge in [-0.05, 0) is 61.9 Å². The van der Waals surface area contributed by atoms with Crippen molar-refractivity contribution in [1.82, 2.24) is 0 Å². The van der Waals surface area contributed by atoms with Crippen molar-refractivity contribution in [1.29, 1.82) is 0 Å². The first-order valence-electron chi connectivity index (χ1n) is 9.44. The second-order valence-electron chi connectivity index (χ2n) is 7.91. The van der Waals surface area contributed by atoms with Crippen molar-refractivity contribution in [2.75, 3.05) is 19.1 Å². The highest BCUT2D eigenvalue weighted by Gasteiger charge is 2.34. The van der Waals surface area contributed by atoms with Crippen molar-refractivity contribution in [3.63, 3.8) is 0 Å². The number of nitrogens with zero attached hydrogens (tertiary/aromatic N) is 2. The first-order valence-corrected chi connectivity index (χ1v) is 9.44. The Morgan fingerprint density at radius 3 is 2.54 bits per heavy atom. The molecule has 3 heteroatoms. The third-order valence-corrected chi connectivity index (χ3v) is 5.68. The van der Waals surface area contributed by atoms with Crippen LogP contribution in [0.1, 0.15) is 56.7 Å². The lowest BCUT2D eigenvalue weighted by Crippen LogP contribution is -2.45. The number of hydrogen-bond donors (Lipinski definition) is 0. The molecular weight excluding hydrogens is 320 g/mol. The van der Waals surface area contributed by atoms with E-state index in [9.17, 15) is 0 Å². The van der Waals surface area contributed by atoms with E-state index >= 15 is 0 Å². The molecule has 0 saturated heterocycles. The van der Waals surface area contributed by atoms with E-state index in [1.807, 2.05) is 6.21 Å². The number of methoxy groups -OCH3 is 1. The van der Waals surface area contributed by atoms with Gasteiger partial charge in [-0.1, -0.05) is 26.0 Å². The van der Waals surface area contributed by atoms with Crippen molar-refractivity contribution in [2.45, 2.75) is 52.0 Å². The van der Waals surface area contributed by atoms with Crippen LogP contribution in [0.15, 0.2) is 41.4 Å². The van der Waals surface area contributed by atoms with Gasteiger partial charge >= 0.3 is 0 Å². The quantitative estimate of drug-likeness (QED) is 0.658. The molecule has 0 radical (unpaired) electrons. The van der Waals surface area contributed by atoms with Gasteiger partial charge in [-0.15, -0.1) is 0 Å². The lowest BCUT2D eigenvalue weighted by molar-refractivity contribution is 0.389. The number of benzene rings is 2. The molecule has 0 N–H and O–H groups in total. The first-order chi connectivity index (χ1) is 12.4. The lowest BCUT2D eigenvalue weighted by Gasteiger charge is -2.45. The number of anilines is 1. The van der Waals surface area contributed by atoms with Gasteiger partial charge in [-0.25, -0.2) is 0 Å². The third-order valence-electron chi connectivity index (χ3n) is 5.68. The Labute approximate surface area is 157 Å².